The summed E-state index contributed by atoms with van der Waals surface area (Å²) in [5.74, 6) is 1.19. The van der Waals surface area contributed by atoms with Crippen LogP contribution in [0.2, 0.25) is 0 Å². The van der Waals surface area contributed by atoms with Crippen molar-refractivity contribution in [2.75, 3.05) is 19.0 Å². The molecule has 0 bridgehead atoms. The fourth-order valence-corrected chi connectivity index (χ4v) is 3.18. The van der Waals surface area contributed by atoms with Gasteiger partial charge in [0.25, 0.3) is 5.91 Å². The Labute approximate surface area is 186 Å². The number of benzene rings is 3. The van der Waals surface area contributed by atoms with Gasteiger partial charge in [-0.3, -0.25) is 4.79 Å². The number of carbonyl (C=O) groups excluding carboxylic acids is 1. The number of anilines is 1. The minimum absolute atomic E-state index is 0.194. The van der Waals surface area contributed by atoms with Crippen LogP contribution in [0.15, 0.2) is 72.8 Å². The van der Waals surface area contributed by atoms with E-state index in [1.54, 1.807) is 36.1 Å². The molecule has 0 aliphatic carbocycles. The number of nitrogens with zero attached hydrogens (tertiary/aromatic N) is 3. The van der Waals surface area contributed by atoms with E-state index >= 15 is 0 Å². The fourth-order valence-electron chi connectivity index (χ4n) is 3.18. The molecule has 4 aromatic rings. The fraction of sp³-hybridized carbons (Fsp3) is 0.160. The Bertz CT molecular complexity index is 1200. The first-order valence-electron chi connectivity index (χ1n) is 10.3. The highest BCUT2D eigenvalue weighted by Crippen LogP contribution is 2.25. The largest absolute Gasteiger partial charge is 0.497 e. The van der Waals surface area contributed by atoms with Gasteiger partial charge in [-0.2, -0.15) is 4.98 Å². The summed E-state index contributed by atoms with van der Waals surface area (Å²) in [5, 5.41) is 7.41. The van der Waals surface area contributed by atoms with Gasteiger partial charge in [0.05, 0.1) is 19.4 Å². The minimum Gasteiger partial charge on any atom is -0.497 e. The van der Waals surface area contributed by atoms with E-state index in [9.17, 15) is 4.79 Å². The summed E-state index contributed by atoms with van der Waals surface area (Å²) in [6.07, 6.45) is 0. The van der Waals surface area contributed by atoms with Crippen molar-refractivity contribution < 1.29 is 14.3 Å². The monoisotopic (exact) mass is 428 g/mol. The zero-order valence-corrected chi connectivity index (χ0v) is 18.2. The highest BCUT2D eigenvalue weighted by atomic mass is 16.5. The third-order valence-corrected chi connectivity index (χ3v) is 4.89. The number of hydrogen-bond acceptors (Lipinski definition) is 5. The van der Waals surface area contributed by atoms with E-state index < -0.39 is 0 Å². The lowest BCUT2D eigenvalue weighted by atomic mass is 10.1. The minimum atomic E-state index is -0.194. The molecule has 162 valence electrons. The third-order valence-electron chi connectivity index (χ3n) is 4.89. The second-order valence-electron chi connectivity index (χ2n) is 7.16. The van der Waals surface area contributed by atoms with E-state index in [1.807, 2.05) is 62.4 Å². The van der Waals surface area contributed by atoms with E-state index in [0.29, 0.717) is 35.4 Å². The molecule has 1 heterocycles. The molecule has 0 unspecified atom stereocenters. The van der Waals surface area contributed by atoms with Crippen molar-refractivity contribution in [3.63, 3.8) is 0 Å². The maximum absolute atomic E-state index is 12.5. The van der Waals surface area contributed by atoms with E-state index in [4.69, 9.17) is 9.47 Å². The molecule has 0 atom stereocenters. The van der Waals surface area contributed by atoms with Crippen LogP contribution in [0.1, 0.15) is 22.8 Å². The average Bonchev–Trinajstić information content (AvgIpc) is 3.24. The van der Waals surface area contributed by atoms with Gasteiger partial charge in [-0.1, -0.05) is 29.8 Å². The number of amides is 1. The molecule has 0 saturated heterocycles. The molecule has 1 aromatic heterocycles. The SMILES string of the molecule is CCOc1nc(-c2ccc(C)cc2)n(-c2ccc(NC(=O)c3ccc(OC)cc3)cc2)n1. The molecule has 0 fully saturated rings. The molecule has 7 heteroatoms. The molecule has 1 amide bonds. The molecule has 7 nitrogen and oxygen atoms in total. The molecular weight excluding hydrogens is 404 g/mol. The van der Waals surface area contributed by atoms with Crippen LogP contribution < -0.4 is 14.8 Å². The number of aromatic nitrogens is 3. The van der Waals surface area contributed by atoms with Gasteiger partial charge < -0.3 is 14.8 Å². The van der Waals surface area contributed by atoms with E-state index in [1.165, 1.54) is 5.56 Å². The van der Waals surface area contributed by atoms with Crippen molar-refractivity contribution in [1.82, 2.24) is 14.8 Å². The molecule has 1 N–H and O–H groups in total. The van der Waals surface area contributed by atoms with Gasteiger partial charge in [-0.25, -0.2) is 4.68 Å². The lowest BCUT2D eigenvalue weighted by molar-refractivity contribution is 0.102. The van der Waals surface area contributed by atoms with Crippen LogP contribution in [-0.4, -0.2) is 34.4 Å². The van der Waals surface area contributed by atoms with Crippen LogP contribution in [0.25, 0.3) is 17.1 Å². The van der Waals surface area contributed by atoms with Gasteiger partial charge >= 0.3 is 6.01 Å². The first kappa shape index (κ1) is 21.1. The molecule has 4 rings (SSSR count). The Morgan fingerprint density at radius 2 is 1.66 bits per heavy atom. The highest BCUT2D eigenvalue weighted by molar-refractivity contribution is 6.04. The van der Waals surface area contributed by atoms with Gasteiger partial charge in [-0.15, -0.1) is 5.10 Å². The summed E-state index contributed by atoms with van der Waals surface area (Å²) >= 11 is 0. The normalized spacial score (nSPS) is 10.6. The smallest absolute Gasteiger partial charge is 0.336 e. The predicted molar refractivity (Wildman–Crippen MR) is 124 cm³/mol. The number of rotatable bonds is 7. The zero-order chi connectivity index (χ0) is 22.5. The van der Waals surface area contributed by atoms with E-state index in [-0.39, 0.29) is 5.91 Å². The number of methoxy groups -OCH3 is 1. The summed E-state index contributed by atoms with van der Waals surface area (Å²) in [6, 6.07) is 22.8. The molecular formula is C25H24N4O3. The molecule has 3 aromatic carbocycles. The first-order chi connectivity index (χ1) is 15.6. The molecule has 0 saturated carbocycles. The summed E-state index contributed by atoms with van der Waals surface area (Å²) in [5.41, 5.74) is 4.14. The van der Waals surface area contributed by atoms with Crippen LogP contribution in [0, 0.1) is 6.92 Å². The topological polar surface area (TPSA) is 78.3 Å². The van der Waals surface area contributed by atoms with Gasteiger partial charge in [0.15, 0.2) is 5.82 Å². The average molecular weight is 428 g/mol. The zero-order valence-electron chi connectivity index (χ0n) is 18.2. The maximum Gasteiger partial charge on any atom is 0.336 e. The third kappa shape index (κ3) is 4.62. The van der Waals surface area contributed by atoms with Gasteiger partial charge in [0.1, 0.15) is 5.75 Å². The quantitative estimate of drug-likeness (QED) is 0.453. The van der Waals surface area contributed by atoms with Gasteiger partial charge in [-0.05, 0) is 62.4 Å². The number of carbonyl (C=O) groups is 1. The predicted octanol–water partition coefficient (Wildman–Crippen LogP) is 4.90. The van der Waals surface area contributed by atoms with Crippen molar-refractivity contribution in [2.45, 2.75) is 13.8 Å². The lowest BCUT2D eigenvalue weighted by Gasteiger charge is -2.09. The second-order valence-corrected chi connectivity index (χ2v) is 7.16. The summed E-state index contributed by atoms with van der Waals surface area (Å²) in [4.78, 5) is 17.1. The van der Waals surface area contributed by atoms with E-state index in [2.05, 4.69) is 15.4 Å². The van der Waals surface area contributed by atoms with Crippen molar-refractivity contribution in [3.05, 3.63) is 83.9 Å². The van der Waals surface area contributed by atoms with Crippen LogP contribution >= 0.6 is 0 Å². The Balaban J connectivity index is 1.58. The highest BCUT2D eigenvalue weighted by Gasteiger charge is 2.15. The second kappa shape index (κ2) is 9.34. The Hall–Kier alpha value is -4.13. The van der Waals surface area contributed by atoms with Crippen molar-refractivity contribution in [2.24, 2.45) is 0 Å². The summed E-state index contributed by atoms with van der Waals surface area (Å²) < 4.78 is 12.4. The molecule has 0 radical (unpaired) electrons. The summed E-state index contributed by atoms with van der Waals surface area (Å²) in [7, 11) is 1.59. The Morgan fingerprint density at radius 3 is 2.28 bits per heavy atom. The first-order valence-corrected chi connectivity index (χ1v) is 10.3. The maximum atomic E-state index is 12.5. The van der Waals surface area contributed by atoms with E-state index in [0.717, 1.165) is 11.3 Å². The van der Waals surface area contributed by atoms with Crippen molar-refractivity contribution in [1.29, 1.82) is 0 Å². The van der Waals surface area contributed by atoms with Gasteiger partial charge in [0.2, 0.25) is 0 Å². The lowest BCUT2D eigenvalue weighted by Crippen LogP contribution is -2.11. The molecule has 0 aliphatic rings. The molecule has 0 spiro atoms. The van der Waals surface area contributed by atoms with Crippen LogP contribution in [0.5, 0.6) is 11.8 Å². The van der Waals surface area contributed by atoms with Crippen LogP contribution in [0.3, 0.4) is 0 Å². The van der Waals surface area contributed by atoms with Crippen molar-refractivity contribution in [3.8, 4) is 28.8 Å². The number of nitrogens with one attached hydrogen (secondary N) is 1. The summed E-state index contributed by atoms with van der Waals surface area (Å²) in [6.45, 7) is 4.42. The standard InChI is InChI=1S/C25H24N4O3/c1-4-32-25-27-23(18-7-5-17(2)6-8-18)29(28-25)21-13-11-20(12-14-21)26-24(30)19-9-15-22(31-3)16-10-19/h5-16H,4H2,1-3H3,(H,26,30). The van der Waals surface area contributed by atoms with Crippen LogP contribution in [0.4, 0.5) is 5.69 Å². The molecule has 32 heavy (non-hydrogen) atoms. The van der Waals surface area contributed by atoms with Gasteiger partial charge in [0, 0.05) is 16.8 Å². The molecule has 0 aliphatic heterocycles. The number of hydrogen-bond donors (Lipinski definition) is 1. The number of ether oxygens (including phenoxy) is 2. The Kier molecular flexibility index (Phi) is 6.17. The van der Waals surface area contributed by atoms with Crippen LogP contribution in [-0.2, 0) is 0 Å². The number of aryl methyl sites for hydroxylation is 1. The Morgan fingerprint density at radius 1 is 0.969 bits per heavy atom. The van der Waals surface area contributed by atoms with Crippen molar-refractivity contribution >= 4 is 11.6 Å².